The summed E-state index contributed by atoms with van der Waals surface area (Å²) in [5.74, 6) is 0.805. The van der Waals surface area contributed by atoms with Crippen LogP contribution in [0.15, 0.2) is 18.2 Å². The van der Waals surface area contributed by atoms with Crippen molar-refractivity contribution in [1.29, 1.82) is 5.41 Å². The maximum Gasteiger partial charge on any atom is 0.129 e. The van der Waals surface area contributed by atoms with Gasteiger partial charge < -0.3 is 4.90 Å². The van der Waals surface area contributed by atoms with Crippen molar-refractivity contribution >= 4 is 5.84 Å². The fraction of sp³-hybridized carbons (Fsp3) is 0.667. The van der Waals surface area contributed by atoms with E-state index in [4.69, 9.17) is 5.41 Å². The van der Waals surface area contributed by atoms with Crippen LogP contribution in [-0.2, 0) is 0 Å². The minimum Gasteiger partial charge on any atom is -0.351 e. The maximum atomic E-state index is 9.07. The summed E-state index contributed by atoms with van der Waals surface area (Å²) in [4.78, 5) is 2.55. The van der Waals surface area contributed by atoms with Crippen molar-refractivity contribution in [1.82, 2.24) is 4.90 Å². The molecule has 0 spiro atoms. The lowest BCUT2D eigenvalue weighted by Crippen LogP contribution is -2.49. The molecule has 2 fully saturated rings. The minimum atomic E-state index is 0.596. The molecule has 3 rings (SSSR count). The monoisotopic (exact) mass is 312 g/mol. The lowest BCUT2D eigenvalue weighted by atomic mass is 9.87. The molecule has 2 nitrogen and oxygen atoms in total. The molecule has 0 saturated heterocycles. The van der Waals surface area contributed by atoms with Gasteiger partial charge >= 0.3 is 0 Å². The molecular weight excluding hydrogens is 280 g/mol. The van der Waals surface area contributed by atoms with Gasteiger partial charge in [-0.05, 0) is 50.7 Å². The molecule has 2 heteroatoms. The van der Waals surface area contributed by atoms with E-state index in [-0.39, 0.29) is 0 Å². The highest BCUT2D eigenvalue weighted by molar-refractivity contribution is 5.99. The van der Waals surface area contributed by atoms with E-state index in [0.29, 0.717) is 12.1 Å². The Bertz CT molecular complexity index is 499. The Balaban J connectivity index is 1.91. The van der Waals surface area contributed by atoms with Gasteiger partial charge in [-0.2, -0.15) is 0 Å². The number of rotatable bonds is 3. The summed E-state index contributed by atoms with van der Waals surface area (Å²) in [5, 5.41) is 9.07. The first-order valence-electron chi connectivity index (χ1n) is 9.62. The summed E-state index contributed by atoms with van der Waals surface area (Å²) in [5.41, 5.74) is 3.70. The first-order valence-corrected chi connectivity index (χ1v) is 9.62. The summed E-state index contributed by atoms with van der Waals surface area (Å²) < 4.78 is 0. The van der Waals surface area contributed by atoms with Crippen LogP contribution in [0.1, 0.15) is 80.9 Å². The zero-order valence-electron chi connectivity index (χ0n) is 14.9. The third-order valence-corrected chi connectivity index (χ3v) is 5.91. The number of benzene rings is 1. The molecule has 2 aliphatic carbocycles. The summed E-state index contributed by atoms with van der Waals surface area (Å²) in [7, 11) is 0. The SMILES string of the molecule is Cc1cccc(C)c1C(=N)N(C1CCCCC1)C1CCCCC1. The number of hydrogen-bond donors (Lipinski definition) is 1. The summed E-state index contributed by atoms with van der Waals surface area (Å²) in [6.07, 6.45) is 13.3. The molecule has 2 saturated carbocycles. The van der Waals surface area contributed by atoms with E-state index in [0.717, 1.165) is 5.84 Å². The molecule has 0 bridgehead atoms. The van der Waals surface area contributed by atoms with Crippen molar-refractivity contribution < 1.29 is 0 Å². The number of hydrogen-bond acceptors (Lipinski definition) is 1. The Morgan fingerprint density at radius 2 is 1.26 bits per heavy atom. The van der Waals surface area contributed by atoms with Crippen LogP contribution in [-0.4, -0.2) is 22.8 Å². The quantitative estimate of drug-likeness (QED) is 0.571. The van der Waals surface area contributed by atoms with Crippen LogP contribution in [0.5, 0.6) is 0 Å². The molecule has 126 valence electrons. The highest BCUT2D eigenvalue weighted by Gasteiger charge is 2.31. The normalized spacial score (nSPS) is 20.4. The van der Waals surface area contributed by atoms with Crippen LogP contribution >= 0.6 is 0 Å². The molecule has 0 radical (unpaired) electrons. The van der Waals surface area contributed by atoms with E-state index in [9.17, 15) is 0 Å². The Labute approximate surface area is 141 Å². The zero-order chi connectivity index (χ0) is 16.2. The topological polar surface area (TPSA) is 27.1 Å². The summed E-state index contributed by atoms with van der Waals surface area (Å²) >= 11 is 0. The number of aryl methyl sites for hydroxylation is 2. The van der Waals surface area contributed by atoms with E-state index >= 15 is 0 Å². The second-order valence-corrected chi connectivity index (χ2v) is 7.61. The highest BCUT2D eigenvalue weighted by atomic mass is 15.2. The van der Waals surface area contributed by atoms with Gasteiger partial charge in [0.1, 0.15) is 5.84 Å². The van der Waals surface area contributed by atoms with Crippen LogP contribution in [0, 0.1) is 19.3 Å². The van der Waals surface area contributed by atoms with Crippen molar-refractivity contribution in [2.45, 2.75) is 90.1 Å². The van der Waals surface area contributed by atoms with Gasteiger partial charge in [0.05, 0.1) is 0 Å². The van der Waals surface area contributed by atoms with Crippen LogP contribution < -0.4 is 0 Å². The largest absolute Gasteiger partial charge is 0.351 e. The molecule has 0 amide bonds. The van der Waals surface area contributed by atoms with E-state index in [1.807, 2.05) is 0 Å². The lowest BCUT2D eigenvalue weighted by Gasteiger charge is -2.44. The van der Waals surface area contributed by atoms with Gasteiger partial charge in [0, 0.05) is 17.6 Å². The molecule has 0 atom stereocenters. The maximum absolute atomic E-state index is 9.07. The molecule has 0 aliphatic heterocycles. The van der Waals surface area contributed by atoms with Crippen LogP contribution in [0.2, 0.25) is 0 Å². The average molecular weight is 313 g/mol. The third-order valence-electron chi connectivity index (χ3n) is 5.91. The van der Waals surface area contributed by atoms with Crippen molar-refractivity contribution in [2.75, 3.05) is 0 Å². The molecule has 0 unspecified atom stereocenters. The second-order valence-electron chi connectivity index (χ2n) is 7.61. The molecule has 0 aromatic heterocycles. The van der Waals surface area contributed by atoms with Gasteiger partial charge in [0.15, 0.2) is 0 Å². The zero-order valence-corrected chi connectivity index (χ0v) is 14.9. The van der Waals surface area contributed by atoms with Crippen LogP contribution in [0.25, 0.3) is 0 Å². The lowest BCUT2D eigenvalue weighted by molar-refractivity contribution is 0.157. The third kappa shape index (κ3) is 3.62. The Kier molecular flexibility index (Phi) is 5.40. The Hall–Kier alpha value is -1.31. The summed E-state index contributed by atoms with van der Waals surface area (Å²) in [6, 6.07) is 7.64. The Morgan fingerprint density at radius 3 is 1.70 bits per heavy atom. The number of nitrogens with one attached hydrogen (secondary N) is 1. The van der Waals surface area contributed by atoms with Crippen molar-refractivity contribution in [3.05, 3.63) is 34.9 Å². The number of amidine groups is 1. The predicted molar refractivity (Wildman–Crippen MR) is 98.3 cm³/mol. The summed E-state index contributed by atoms with van der Waals surface area (Å²) in [6.45, 7) is 4.33. The molecule has 1 aromatic carbocycles. The van der Waals surface area contributed by atoms with Gasteiger partial charge in [0.25, 0.3) is 0 Å². The average Bonchev–Trinajstić information content (AvgIpc) is 2.57. The van der Waals surface area contributed by atoms with Gasteiger partial charge in [0.2, 0.25) is 0 Å². The molecule has 23 heavy (non-hydrogen) atoms. The first-order chi connectivity index (χ1) is 11.2. The van der Waals surface area contributed by atoms with Crippen molar-refractivity contribution in [3.8, 4) is 0 Å². The smallest absolute Gasteiger partial charge is 0.129 e. The molecule has 0 heterocycles. The Morgan fingerprint density at radius 1 is 0.826 bits per heavy atom. The first kappa shape index (κ1) is 16.5. The van der Waals surface area contributed by atoms with E-state index in [2.05, 4.69) is 36.9 Å². The fourth-order valence-corrected chi connectivity index (χ4v) is 4.70. The van der Waals surface area contributed by atoms with Gasteiger partial charge in [-0.15, -0.1) is 0 Å². The highest BCUT2D eigenvalue weighted by Crippen LogP contribution is 2.32. The number of nitrogens with zero attached hydrogens (tertiary/aromatic N) is 1. The van der Waals surface area contributed by atoms with Crippen molar-refractivity contribution in [3.63, 3.8) is 0 Å². The van der Waals surface area contributed by atoms with Crippen LogP contribution in [0.3, 0.4) is 0 Å². The minimum absolute atomic E-state index is 0.596. The standard InChI is InChI=1S/C21H32N2/c1-16-10-9-11-17(2)20(16)21(22)23(18-12-5-3-6-13-18)19-14-7-4-8-15-19/h9-11,18-19,22H,3-8,12-15H2,1-2H3. The molecule has 2 aliphatic rings. The molecule has 1 N–H and O–H groups in total. The van der Waals surface area contributed by atoms with Crippen molar-refractivity contribution in [2.24, 2.45) is 0 Å². The van der Waals surface area contributed by atoms with Gasteiger partial charge in [-0.1, -0.05) is 56.7 Å². The molecular formula is C21H32N2. The second kappa shape index (κ2) is 7.51. The van der Waals surface area contributed by atoms with Gasteiger partial charge in [-0.25, -0.2) is 0 Å². The van der Waals surface area contributed by atoms with E-state index < -0.39 is 0 Å². The van der Waals surface area contributed by atoms with E-state index in [1.54, 1.807) is 0 Å². The van der Waals surface area contributed by atoms with Gasteiger partial charge in [-0.3, -0.25) is 5.41 Å². The predicted octanol–water partition coefficient (Wildman–Crippen LogP) is 5.60. The van der Waals surface area contributed by atoms with E-state index in [1.165, 1.54) is 80.9 Å². The van der Waals surface area contributed by atoms with Crippen LogP contribution in [0.4, 0.5) is 0 Å². The molecule has 1 aromatic rings. The fourth-order valence-electron chi connectivity index (χ4n) is 4.70.